The number of halogens is 1. The van der Waals surface area contributed by atoms with Crippen LogP contribution >= 0.6 is 15.9 Å². The van der Waals surface area contributed by atoms with Crippen LogP contribution in [0, 0.1) is 0 Å². The van der Waals surface area contributed by atoms with Gasteiger partial charge in [0.1, 0.15) is 6.04 Å². The summed E-state index contributed by atoms with van der Waals surface area (Å²) in [6.45, 7) is 1.88. The first-order valence-electron chi connectivity index (χ1n) is 10.1. The Morgan fingerprint density at radius 3 is 2.50 bits per heavy atom. The second kappa shape index (κ2) is 8.39. The molecule has 0 aliphatic carbocycles. The van der Waals surface area contributed by atoms with Crippen LogP contribution in [-0.4, -0.2) is 25.7 Å². The Hall–Kier alpha value is -3.78. The summed E-state index contributed by atoms with van der Waals surface area (Å²) in [5.74, 6) is 0.935. The molecule has 8 heteroatoms. The van der Waals surface area contributed by atoms with Gasteiger partial charge >= 0.3 is 0 Å². The number of hydrogen-bond acceptors (Lipinski definition) is 5. The minimum Gasteiger partial charge on any atom is -0.328 e. The summed E-state index contributed by atoms with van der Waals surface area (Å²) >= 11 is 3.65. The van der Waals surface area contributed by atoms with Crippen molar-refractivity contribution in [3.63, 3.8) is 0 Å². The molecule has 2 aromatic heterocycles. The van der Waals surface area contributed by atoms with Crippen molar-refractivity contribution < 1.29 is 4.79 Å². The molecule has 2 aromatic carbocycles. The molecular weight excluding hydrogens is 468 g/mol. The third kappa shape index (κ3) is 3.69. The first-order valence-corrected chi connectivity index (χ1v) is 10.9. The maximum atomic E-state index is 13.5. The molecule has 3 heterocycles. The number of para-hydroxylation sites is 1. The van der Waals surface area contributed by atoms with E-state index in [-0.39, 0.29) is 5.91 Å². The van der Waals surface area contributed by atoms with Crippen molar-refractivity contribution in [1.82, 2.24) is 19.7 Å². The number of hydrogen-bond donors (Lipinski definition) is 2. The predicted octanol–water partition coefficient (Wildman–Crippen LogP) is 5.03. The topological polar surface area (TPSA) is 84.7 Å². The van der Waals surface area contributed by atoms with E-state index >= 15 is 0 Å². The van der Waals surface area contributed by atoms with Gasteiger partial charge in [-0.3, -0.25) is 9.78 Å². The lowest BCUT2D eigenvalue weighted by Gasteiger charge is -2.29. The zero-order valence-corrected chi connectivity index (χ0v) is 18.7. The summed E-state index contributed by atoms with van der Waals surface area (Å²) in [5, 5.41) is 11.0. The van der Waals surface area contributed by atoms with Crippen LogP contribution in [0.2, 0.25) is 0 Å². The Kier molecular flexibility index (Phi) is 5.28. The molecule has 0 radical (unpaired) electrons. The lowest BCUT2D eigenvalue weighted by Crippen LogP contribution is -2.31. The third-order valence-corrected chi connectivity index (χ3v) is 5.99. The van der Waals surface area contributed by atoms with Gasteiger partial charge in [-0.1, -0.05) is 52.3 Å². The van der Waals surface area contributed by atoms with E-state index in [0.717, 1.165) is 27.0 Å². The first kappa shape index (κ1) is 20.1. The Balaban J connectivity index is 1.63. The molecular formula is C24H19BrN6O. The summed E-state index contributed by atoms with van der Waals surface area (Å²) in [6, 6.07) is 20.5. The molecule has 32 heavy (non-hydrogen) atoms. The van der Waals surface area contributed by atoms with Crippen molar-refractivity contribution in [2.75, 3.05) is 10.6 Å². The number of amides is 1. The molecule has 2 N–H and O–H groups in total. The van der Waals surface area contributed by atoms with Gasteiger partial charge in [-0.15, -0.1) is 5.10 Å². The summed E-state index contributed by atoms with van der Waals surface area (Å²) in [5.41, 5.74) is 3.78. The van der Waals surface area contributed by atoms with Crippen molar-refractivity contribution in [2.24, 2.45) is 0 Å². The number of pyridine rings is 1. The van der Waals surface area contributed by atoms with Crippen molar-refractivity contribution >= 4 is 33.5 Å². The lowest BCUT2D eigenvalue weighted by molar-refractivity contribution is -0.113. The molecule has 1 aliphatic heterocycles. The van der Waals surface area contributed by atoms with E-state index in [1.165, 1.54) is 0 Å². The molecule has 5 rings (SSSR count). The number of anilines is 2. The minimum absolute atomic E-state index is 0.200. The normalized spacial score (nSPS) is 15.1. The highest BCUT2D eigenvalue weighted by Gasteiger charge is 2.35. The molecule has 0 saturated carbocycles. The number of allylic oxidation sites excluding steroid dienone is 1. The van der Waals surface area contributed by atoms with Crippen molar-refractivity contribution in [3.8, 4) is 11.4 Å². The molecule has 7 nitrogen and oxygen atoms in total. The number of fused-ring (bicyclic) bond motifs is 1. The molecule has 4 aromatic rings. The molecule has 0 fully saturated rings. The van der Waals surface area contributed by atoms with Crippen LogP contribution in [0.15, 0.2) is 94.9 Å². The second-order valence-corrected chi connectivity index (χ2v) is 8.20. The lowest BCUT2D eigenvalue weighted by atomic mass is 9.95. The monoisotopic (exact) mass is 486 g/mol. The highest BCUT2D eigenvalue weighted by atomic mass is 79.9. The van der Waals surface area contributed by atoms with Crippen LogP contribution in [-0.2, 0) is 4.79 Å². The Morgan fingerprint density at radius 1 is 1.03 bits per heavy atom. The number of nitrogens with zero attached hydrogens (tertiary/aromatic N) is 4. The summed E-state index contributed by atoms with van der Waals surface area (Å²) in [6.07, 6.45) is 3.41. The highest BCUT2D eigenvalue weighted by molar-refractivity contribution is 9.10. The molecule has 158 valence electrons. The Bertz CT molecular complexity index is 1320. The van der Waals surface area contributed by atoms with Crippen LogP contribution in [0.4, 0.5) is 11.6 Å². The first-order chi connectivity index (χ1) is 15.6. The molecule has 1 amide bonds. The van der Waals surface area contributed by atoms with Gasteiger partial charge in [0.25, 0.3) is 5.91 Å². The van der Waals surface area contributed by atoms with Gasteiger partial charge in [-0.2, -0.15) is 4.98 Å². The van der Waals surface area contributed by atoms with Crippen LogP contribution in [0.1, 0.15) is 18.5 Å². The number of nitrogens with one attached hydrogen (secondary N) is 2. The number of benzene rings is 2. The van der Waals surface area contributed by atoms with E-state index in [2.05, 4.69) is 36.5 Å². The standard InChI is InChI=1S/C24H19BrN6O/c1-15-20(23(32)28-17-7-3-2-4-8-17)21(18-9-5-6-10-19(18)25)31-24(27-15)29-22(30-31)16-11-13-26-14-12-16/h2-14,21H,1H3,(H,28,32)(H,27,29,30)/t21-/m0/s1. The maximum absolute atomic E-state index is 13.5. The van der Waals surface area contributed by atoms with Gasteiger partial charge in [0.15, 0.2) is 5.82 Å². The zero-order chi connectivity index (χ0) is 22.1. The van der Waals surface area contributed by atoms with E-state index < -0.39 is 6.04 Å². The van der Waals surface area contributed by atoms with E-state index in [1.807, 2.05) is 73.7 Å². The number of aromatic nitrogens is 4. The van der Waals surface area contributed by atoms with E-state index in [0.29, 0.717) is 17.3 Å². The van der Waals surface area contributed by atoms with Crippen molar-refractivity contribution in [1.29, 1.82) is 0 Å². The number of carbonyl (C=O) groups excluding carboxylic acids is 1. The highest BCUT2D eigenvalue weighted by Crippen LogP contribution is 2.39. The Morgan fingerprint density at radius 2 is 1.75 bits per heavy atom. The number of carbonyl (C=O) groups is 1. The van der Waals surface area contributed by atoms with E-state index in [4.69, 9.17) is 5.10 Å². The quantitative estimate of drug-likeness (QED) is 0.422. The summed E-state index contributed by atoms with van der Waals surface area (Å²) < 4.78 is 2.65. The van der Waals surface area contributed by atoms with Crippen LogP contribution in [0.3, 0.4) is 0 Å². The van der Waals surface area contributed by atoms with Gasteiger partial charge in [0, 0.05) is 33.8 Å². The summed E-state index contributed by atoms with van der Waals surface area (Å²) in [7, 11) is 0. The average Bonchev–Trinajstić information content (AvgIpc) is 3.23. The molecule has 1 atom stereocenters. The minimum atomic E-state index is -0.464. The maximum Gasteiger partial charge on any atom is 0.255 e. The molecule has 1 aliphatic rings. The molecule has 0 spiro atoms. The van der Waals surface area contributed by atoms with Crippen LogP contribution in [0.25, 0.3) is 11.4 Å². The molecule has 0 saturated heterocycles. The average molecular weight is 487 g/mol. The Labute approximate surface area is 193 Å². The van der Waals surface area contributed by atoms with Gasteiger partial charge < -0.3 is 10.6 Å². The zero-order valence-electron chi connectivity index (χ0n) is 17.2. The van der Waals surface area contributed by atoms with Gasteiger partial charge in [0.2, 0.25) is 5.95 Å². The SMILES string of the molecule is CC1=C(C(=O)Nc2ccccc2)[C@H](c2ccccc2Br)n2nc(-c3ccncc3)nc2N1. The second-order valence-electron chi connectivity index (χ2n) is 7.35. The van der Waals surface area contributed by atoms with Crippen molar-refractivity contribution in [2.45, 2.75) is 13.0 Å². The summed E-state index contributed by atoms with van der Waals surface area (Å²) in [4.78, 5) is 22.2. The smallest absolute Gasteiger partial charge is 0.255 e. The largest absolute Gasteiger partial charge is 0.328 e. The van der Waals surface area contributed by atoms with Crippen molar-refractivity contribution in [3.05, 3.63) is 100 Å². The molecule has 0 unspecified atom stereocenters. The van der Waals surface area contributed by atoms with Gasteiger partial charge in [-0.05, 0) is 42.8 Å². The fourth-order valence-electron chi connectivity index (χ4n) is 3.77. The molecule has 0 bridgehead atoms. The van der Waals surface area contributed by atoms with Crippen LogP contribution in [0.5, 0.6) is 0 Å². The van der Waals surface area contributed by atoms with Crippen LogP contribution < -0.4 is 10.6 Å². The van der Waals surface area contributed by atoms with E-state index in [1.54, 1.807) is 17.1 Å². The number of rotatable bonds is 4. The fraction of sp³-hybridized carbons (Fsp3) is 0.0833. The predicted molar refractivity (Wildman–Crippen MR) is 127 cm³/mol. The third-order valence-electron chi connectivity index (χ3n) is 5.27. The van der Waals surface area contributed by atoms with Gasteiger partial charge in [0.05, 0.1) is 5.57 Å². The van der Waals surface area contributed by atoms with Gasteiger partial charge in [-0.25, -0.2) is 4.68 Å². The van der Waals surface area contributed by atoms with E-state index in [9.17, 15) is 4.79 Å². The fourth-order valence-corrected chi connectivity index (χ4v) is 4.27.